The van der Waals surface area contributed by atoms with Crippen molar-refractivity contribution >= 4 is 23.7 Å². The number of hydrogen-bond acceptors (Lipinski definition) is 4. The Labute approximate surface area is 114 Å². The van der Waals surface area contributed by atoms with E-state index in [2.05, 4.69) is 36.0 Å². The number of halogens is 1. The average Bonchev–Trinajstić information content (AvgIpc) is 2.66. The highest BCUT2D eigenvalue weighted by Crippen LogP contribution is 2.22. The molecular weight excluding hydrogens is 254 g/mol. The third kappa shape index (κ3) is 4.21. The molecule has 98 valence electrons. The van der Waals surface area contributed by atoms with Crippen LogP contribution in [-0.2, 0) is 6.54 Å². The minimum absolute atomic E-state index is 0. The lowest BCUT2D eigenvalue weighted by molar-refractivity contribution is 0.201. The fourth-order valence-corrected chi connectivity index (χ4v) is 3.00. The number of rotatable bonds is 3. The molecule has 1 atom stereocenters. The van der Waals surface area contributed by atoms with Crippen LogP contribution in [0.4, 0.5) is 0 Å². The highest BCUT2D eigenvalue weighted by Gasteiger charge is 2.16. The largest absolute Gasteiger partial charge is 0.312 e. The van der Waals surface area contributed by atoms with E-state index in [0.717, 1.165) is 26.2 Å². The van der Waals surface area contributed by atoms with Crippen molar-refractivity contribution in [3.63, 3.8) is 0 Å². The quantitative estimate of drug-likeness (QED) is 0.919. The van der Waals surface area contributed by atoms with Gasteiger partial charge in [-0.1, -0.05) is 13.8 Å². The van der Waals surface area contributed by atoms with Crippen LogP contribution in [0.2, 0.25) is 0 Å². The number of thiazole rings is 1. The first-order valence-electron chi connectivity index (χ1n) is 6.05. The fraction of sp³-hybridized carbons (Fsp3) is 0.750. The Hall–Kier alpha value is -0.160. The number of nitrogens with one attached hydrogen (secondary N) is 1. The fourth-order valence-electron chi connectivity index (χ4n) is 2.04. The van der Waals surface area contributed by atoms with Gasteiger partial charge in [0.25, 0.3) is 0 Å². The maximum atomic E-state index is 4.48. The Morgan fingerprint density at radius 1 is 1.59 bits per heavy atom. The summed E-state index contributed by atoms with van der Waals surface area (Å²) in [5.74, 6) is 0.556. The number of piperazine rings is 1. The summed E-state index contributed by atoms with van der Waals surface area (Å²) in [6.07, 6.45) is 2.05. The molecule has 1 saturated heterocycles. The monoisotopic (exact) mass is 275 g/mol. The van der Waals surface area contributed by atoms with Crippen molar-refractivity contribution in [2.24, 2.45) is 0 Å². The Morgan fingerprint density at radius 2 is 2.35 bits per heavy atom. The van der Waals surface area contributed by atoms with Crippen LogP contribution in [0.3, 0.4) is 0 Å². The zero-order valence-corrected chi connectivity index (χ0v) is 12.4. The molecule has 0 bridgehead atoms. The van der Waals surface area contributed by atoms with E-state index in [1.807, 2.05) is 17.5 Å². The molecule has 0 radical (unpaired) electrons. The molecule has 1 aliphatic rings. The predicted molar refractivity (Wildman–Crippen MR) is 76.2 cm³/mol. The highest BCUT2D eigenvalue weighted by atomic mass is 35.5. The average molecular weight is 276 g/mol. The Morgan fingerprint density at radius 3 is 2.94 bits per heavy atom. The molecule has 3 nitrogen and oxygen atoms in total. The molecule has 1 aromatic rings. The van der Waals surface area contributed by atoms with E-state index in [1.165, 1.54) is 9.88 Å². The summed E-state index contributed by atoms with van der Waals surface area (Å²) < 4.78 is 0. The standard InChI is InChI=1S/C12H21N3S.ClH/c1-9(2)12-14-6-11(16-12)8-15-5-4-13-10(3)7-15;/h6,9-10,13H,4-5,7-8H2,1-3H3;1H/t10-;/m0./s1. The van der Waals surface area contributed by atoms with Gasteiger partial charge in [0.2, 0.25) is 0 Å². The van der Waals surface area contributed by atoms with Crippen LogP contribution in [0.15, 0.2) is 6.20 Å². The SMILES string of the molecule is CC(C)c1ncc(CN2CCN[C@@H](C)C2)s1.Cl. The summed E-state index contributed by atoms with van der Waals surface area (Å²) >= 11 is 1.86. The maximum absolute atomic E-state index is 4.48. The first-order valence-corrected chi connectivity index (χ1v) is 6.87. The summed E-state index contributed by atoms with van der Waals surface area (Å²) in [6.45, 7) is 11.1. The lowest BCUT2D eigenvalue weighted by Crippen LogP contribution is -2.48. The number of hydrogen-bond donors (Lipinski definition) is 1. The van der Waals surface area contributed by atoms with Crippen molar-refractivity contribution in [1.82, 2.24) is 15.2 Å². The molecule has 1 N–H and O–H groups in total. The normalized spacial score (nSPS) is 21.5. The van der Waals surface area contributed by atoms with Crippen molar-refractivity contribution in [3.05, 3.63) is 16.1 Å². The van der Waals surface area contributed by atoms with Gasteiger partial charge < -0.3 is 5.32 Å². The molecule has 0 unspecified atom stereocenters. The Kier molecular flexibility index (Phi) is 5.86. The van der Waals surface area contributed by atoms with Crippen LogP contribution < -0.4 is 5.32 Å². The number of nitrogens with zero attached hydrogens (tertiary/aromatic N) is 2. The third-order valence-corrected chi connectivity index (χ3v) is 4.18. The van der Waals surface area contributed by atoms with Gasteiger partial charge >= 0.3 is 0 Å². The van der Waals surface area contributed by atoms with Crippen molar-refractivity contribution < 1.29 is 0 Å². The van der Waals surface area contributed by atoms with E-state index in [-0.39, 0.29) is 12.4 Å². The molecule has 0 saturated carbocycles. The summed E-state index contributed by atoms with van der Waals surface area (Å²) in [5, 5.41) is 4.73. The van der Waals surface area contributed by atoms with Crippen molar-refractivity contribution in [2.45, 2.75) is 39.3 Å². The lowest BCUT2D eigenvalue weighted by Gasteiger charge is -2.31. The van der Waals surface area contributed by atoms with Crippen LogP contribution in [0.5, 0.6) is 0 Å². The first-order chi connectivity index (χ1) is 7.65. The second kappa shape index (κ2) is 6.69. The van der Waals surface area contributed by atoms with Crippen LogP contribution in [0.25, 0.3) is 0 Å². The van der Waals surface area contributed by atoms with Gasteiger partial charge in [-0.25, -0.2) is 4.98 Å². The molecule has 0 amide bonds. The van der Waals surface area contributed by atoms with E-state index in [0.29, 0.717) is 12.0 Å². The van der Waals surface area contributed by atoms with Crippen molar-refractivity contribution in [2.75, 3.05) is 19.6 Å². The van der Waals surface area contributed by atoms with Crippen LogP contribution >= 0.6 is 23.7 Å². The summed E-state index contributed by atoms with van der Waals surface area (Å²) in [6, 6.07) is 0.617. The van der Waals surface area contributed by atoms with Gasteiger partial charge in [0.15, 0.2) is 0 Å². The van der Waals surface area contributed by atoms with Gasteiger partial charge in [0.05, 0.1) is 5.01 Å². The molecule has 5 heteroatoms. The van der Waals surface area contributed by atoms with E-state index < -0.39 is 0 Å². The molecule has 1 aromatic heterocycles. The van der Waals surface area contributed by atoms with Crippen LogP contribution in [0.1, 0.15) is 36.6 Å². The van der Waals surface area contributed by atoms with E-state index >= 15 is 0 Å². The molecule has 2 heterocycles. The summed E-state index contributed by atoms with van der Waals surface area (Å²) in [7, 11) is 0. The Bertz CT molecular complexity index is 340. The molecule has 17 heavy (non-hydrogen) atoms. The lowest BCUT2D eigenvalue weighted by atomic mass is 10.2. The van der Waals surface area contributed by atoms with Gasteiger partial charge in [0.1, 0.15) is 0 Å². The molecule has 1 aliphatic heterocycles. The van der Waals surface area contributed by atoms with Crippen LogP contribution in [-0.4, -0.2) is 35.6 Å². The molecule has 0 aromatic carbocycles. The van der Waals surface area contributed by atoms with Crippen molar-refractivity contribution in [1.29, 1.82) is 0 Å². The maximum Gasteiger partial charge on any atom is 0.0953 e. The smallest absolute Gasteiger partial charge is 0.0953 e. The molecule has 2 rings (SSSR count). The van der Waals surface area contributed by atoms with Crippen molar-refractivity contribution in [3.8, 4) is 0 Å². The third-order valence-electron chi connectivity index (χ3n) is 2.90. The van der Waals surface area contributed by atoms with Crippen LogP contribution in [0, 0.1) is 0 Å². The van der Waals surface area contributed by atoms with Gasteiger partial charge in [0, 0.05) is 49.2 Å². The second-order valence-electron chi connectivity index (χ2n) is 4.91. The summed E-state index contributed by atoms with van der Waals surface area (Å²) in [5.41, 5.74) is 0. The molecule has 1 fully saturated rings. The molecular formula is C12H22ClN3S. The zero-order valence-electron chi connectivity index (χ0n) is 10.8. The van der Waals surface area contributed by atoms with Gasteiger partial charge in [-0.3, -0.25) is 4.90 Å². The Balaban J connectivity index is 0.00000144. The van der Waals surface area contributed by atoms with E-state index in [9.17, 15) is 0 Å². The van der Waals surface area contributed by atoms with Gasteiger partial charge in [-0.2, -0.15) is 0 Å². The first kappa shape index (κ1) is 14.9. The molecule has 0 spiro atoms. The van der Waals surface area contributed by atoms with Gasteiger partial charge in [-0.15, -0.1) is 23.7 Å². The predicted octanol–water partition coefficient (Wildman–Crippen LogP) is 2.48. The van der Waals surface area contributed by atoms with E-state index in [1.54, 1.807) is 0 Å². The second-order valence-corrected chi connectivity index (χ2v) is 6.06. The zero-order chi connectivity index (χ0) is 11.5. The minimum atomic E-state index is 0. The summed E-state index contributed by atoms with van der Waals surface area (Å²) in [4.78, 5) is 8.39. The van der Waals surface area contributed by atoms with Gasteiger partial charge in [-0.05, 0) is 6.92 Å². The molecule has 0 aliphatic carbocycles. The highest BCUT2D eigenvalue weighted by molar-refractivity contribution is 7.11. The van der Waals surface area contributed by atoms with E-state index in [4.69, 9.17) is 0 Å². The topological polar surface area (TPSA) is 28.2 Å². The number of aromatic nitrogens is 1. The minimum Gasteiger partial charge on any atom is -0.312 e.